The summed E-state index contributed by atoms with van der Waals surface area (Å²) in [5.74, 6) is 0.182. The van der Waals surface area contributed by atoms with E-state index in [9.17, 15) is 25.2 Å². The number of ketones is 1. The van der Waals surface area contributed by atoms with Crippen LogP contribution in [0, 0.1) is 5.92 Å². The summed E-state index contributed by atoms with van der Waals surface area (Å²) >= 11 is 0. The molecule has 0 aromatic heterocycles. The molecule has 1 aliphatic carbocycles. The van der Waals surface area contributed by atoms with Crippen molar-refractivity contribution in [3.63, 3.8) is 0 Å². The van der Waals surface area contributed by atoms with Crippen molar-refractivity contribution in [1.29, 1.82) is 0 Å². The van der Waals surface area contributed by atoms with Crippen molar-refractivity contribution in [3.8, 4) is 28.7 Å². The molecule has 0 saturated carbocycles. The Labute approximate surface area is 223 Å². The van der Waals surface area contributed by atoms with E-state index in [1.807, 2.05) is 18.2 Å². The van der Waals surface area contributed by atoms with Gasteiger partial charge in [0.2, 0.25) is 5.75 Å². The van der Waals surface area contributed by atoms with E-state index in [1.54, 1.807) is 24.3 Å². The Balaban J connectivity index is 1.49. The van der Waals surface area contributed by atoms with E-state index in [2.05, 4.69) is 12.1 Å². The molecule has 3 aromatic rings. The third-order valence-corrected chi connectivity index (χ3v) is 7.58. The monoisotopic (exact) mass is 520 g/mol. The van der Waals surface area contributed by atoms with Crippen molar-refractivity contribution in [2.24, 2.45) is 5.92 Å². The third-order valence-electron chi connectivity index (χ3n) is 7.58. The zero-order chi connectivity index (χ0) is 27.2. The molecule has 202 valence electrons. The number of hydrogen-bond donors (Lipinski definition) is 4. The second kappa shape index (κ2) is 12.2. The van der Waals surface area contributed by atoms with Gasteiger partial charge in [0.25, 0.3) is 0 Å². The summed E-state index contributed by atoms with van der Waals surface area (Å²) in [6.07, 6.45) is 2.60. The average Bonchev–Trinajstić information content (AvgIpc) is 2.91. The number of carbonyl (C=O) groups excluding carboxylic acids is 1. The van der Waals surface area contributed by atoms with Gasteiger partial charge in [-0.1, -0.05) is 36.4 Å². The van der Waals surface area contributed by atoms with E-state index in [4.69, 9.17) is 9.47 Å². The van der Waals surface area contributed by atoms with Crippen molar-refractivity contribution in [2.75, 3.05) is 14.2 Å². The molecule has 3 unspecified atom stereocenters. The van der Waals surface area contributed by atoms with Crippen molar-refractivity contribution >= 4 is 5.78 Å². The van der Waals surface area contributed by atoms with Gasteiger partial charge in [0, 0.05) is 18.4 Å². The van der Waals surface area contributed by atoms with Crippen molar-refractivity contribution < 1.29 is 34.7 Å². The van der Waals surface area contributed by atoms with Gasteiger partial charge in [0.1, 0.15) is 5.78 Å². The quantitative estimate of drug-likeness (QED) is 0.261. The van der Waals surface area contributed by atoms with Gasteiger partial charge in [-0.25, -0.2) is 0 Å². The predicted octanol–water partition coefficient (Wildman–Crippen LogP) is 5.05. The van der Waals surface area contributed by atoms with Gasteiger partial charge in [-0.15, -0.1) is 0 Å². The first-order valence-electron chi connectivity index (χ1n) is 13.0. The lowest BCUT2D eigenvalue weighted by Gasteiger charge is -2.36. The van der Waals surface area contributed by atoms with Crippen LogP contribution in [0.4, 0.5) is 0 Å². The number of hydrogen-bond acceptors (Lipinski definition) is 7. The molecule has 0 amide bonds. The summed E-state index contributed by atoms with van der Waals surface area (Å²) in [6, 6.07) is 16.7. The Bertz CT molecular complexity index is 1250. The molecular weight excluding hydrogens is 484 g/mol. The molecule has 7 heteroatoms. The van der Waals surface area contributed by atoms with Crippen LogP contribution >= 0.6 is 0 Å². The maximum atomic E-state index is 12.8. The second-order valence-corrected chi connectivity index (χ2v) is 10.1. The standard InChI is InChI=1S/C31H36O7/c1-37-29-15-20(9-13-27(29)34)8-11-22(32)16-23(33)17-25-21(14-19-6-4-3-5-7-19)10-12-24-26(25)18-28(35)30(36)31(24)38-2/h3-7,9,13,15,18,21,23,25,33-36H,8,10-12,14,16-17H2,1-2H3. The molecule has 0 radical (unpaired) electrons. The van der Waals surface area contributed by atoms with Gasteiger partial charge in [0.15, 0.2) is 23.0 Å². The lowest BCUT2D eigenvalue weighted by Crippen LogP contribution is -2.27. The van der Waals surface area contributed by atoms with Crippen LogP contribution < -0.4 is 9.47 Å². The lowest BCUT2D eigenvalue weighted by molar-refractivity contribution is -0.121. The lowest BCUT2D eigenvalue weighted by atomic mass is 9.70. The summed E-state index contributed by atoms with van der Waals surface area (Å²) in [5, 5.41) is 41.6. The Morgan fingerprint density at radius 2 is 1.74 bits per heavy atom. The summed E-state index contributed by atoms with van der Waals surface area (Å²) in [7, 11) is 2.95. The van der Waals surface area contributed by atoms with Crippen LogP contribution in [0.3, 0.4) is 0 Å². The number of benzene rings is 3. The number of carbonyl (C=O) groups is 1. The van der Waals surface area contributed by atoms with Crippen LogP contribution in [0.1, 0.15) is 53.9 Å². The molecule has 0 spiro atoms. The maximum absolute atomic E-state index is 12.8. The van der Waals surface area contributed by atoms with Crippen molar-refractivity contribution in [3.05, 3.63) is 76.9 Å². The number of aliphatic hydroxyl groups is 1. The molecular formula is C31H36O7. The number of phenolic OH excluding ortho intramolecular Hbond substituents is 3. The molecule has 1 aliphatic rings. The average molecular weight is 521 g/mol. The molecule has 4 N–H and O–H groups in total. The molecule has 4 rings (SSSR count). The smallest absolute Gasteiger partial charge is 0.200 e. The van der Waals surface area contributed by atoms with E-state index < -0.39 is 6.10 Å². The normalized spacial score (nSPS) is 17.4. The summed E-state index contributed by atoms with van der Waals surface area (Å²) in [6.45, 7) is 0. The van der Waals surface area contributed by atoms with E-state index in [0.717, 1.165) is 29.5 Å². The Kier molecular flexibility index (Phi) is 8.79. The predicted molar refractivity (Wildman–Crippen MR) is 144 cm³/mol. The zero-order valence-electron chi connectivity index (χ0n) is 21.9. The van der Waals surface area contributed by atoms with Crippen LogP contribution in [0.2, 0.25) is 0 Å². The van der Waals surface area contributed by atoms with E-state index >= 15 is 0 Å². The fourth-order valence-electron chi connectivity index (χ4n) is 5.67. The highest BCUT2D eigenvalue weighted by Crippen LogP contribution is 2.50. The molecule has 7 nitrogen and oxygen atoms in total. The minimum atomic E-state index is -0.854. The number of methoxy groups -OCH3 is 2. The number of aromatic hydroxyl groups is 3. The summed E-state index contributed by atoms with van der Waals surface area (Å²) in [4.78, 5) is 12.8. The van der Waals surface area contributed by atoms with Crippen LogP contribution in [0.25, 0.3) is 0 Å². The van der Waals surface area contributed by atoms with Crippen LogP contribution in [-0.4, -0.2) is 46.5 Å². The first-order chi connectivity index (χ1) is 18.3. The van der Waals surface area contributed by atoms with E-state index in [-0.39, 0.29) is 53.5 Å². The molecule has 0 heterocycles. The van der Waals surface area contributed by atoms with Crippen LogP contribution in [0.5, 0.6) is 28.7 Å². The van der Waals surface area contributed by atoms with Gasteiger partial charge in [-0.05, 0) is 78.8 Å². The van der Waals surface area contributed by atoms with Crippen molar-refractivity contribution in [2.45, 2.75) is 57.0 Å². The topological polar surface area (TPSA) is 116 Å². The number of Topliss-reactive ketones (excluding diaryl/α,β-unsaturated/α-hetero) is 1. The van der Waals surface area contributed by atoms with Crippen LogP contribution in [-0.2, 0) is 24.1 Å². The fourth-order valence-corrected chi connectivity index (χ4v) is 5.67. The molecule has 3 atom stereocenters. The minimum Gasteiger partial charge on any atom is -0.504 e. The zero-order valence-corrected chi connectivity index (χ0v) is 21.9. The molecule has 0 aliphatic heterocycles. The Morgan fingerprint density at radius 3 is 2.45 bits per heavy atom. The number of aliphatic hydroxyl groups excluding tert-OH is 1. The second-order valence-electron chi connectivity index (χ2n) is 10.1. The largest absolute Gasteiger partial charge is 0.504 e. The molecule has 3 aromatic carbocycles. The number of phenols is 3. The third kappa shape index (κ3) is 6.22. The maximum Gasteiger partial charge on any atom is 0.200 e. The van der Waals surface area contributed by atoms with E-state index in [1.165, 1.54) is 19.8 Å². The number of ether oxygens (including phenoxy) is 2. The highest BCUT2D eigenvalue weighted by molar-refractivity contribution is 5.79. The SMILES string of the molecule is COc1cc(CCC(=O)CC(O)CC2c3cc(O)c(O)c(OC)c3CCC2Cc2ccccc2)ccc1O. The number of fused-ring (bicyclic) bond motifs is 1. The molecule has 0 saturated heterocycles. The highest BCUT2D eigenvalue weighted by atomic mass is 16.5. The molecule has 0 bridgehead atoms. The van der Waals surface area contributed by atoms with Crippen LogP contribution in [0.15, 0.2) is 54.6 Å². The van der Waals surface area contributed by atoms with Gasteiger partial charge >= 0.3 is 0 Å². The first kappa shape index (κ1) is 27.3. The number of rotatable bonds is 11. The summed E-state index contributed by atoms with van der Waals surface area (Å²) in [5.41, 5.74) is 3.76. The fraction of sp³-hybridized carbons (Fsp3) is 0.387. The Hall–Kier alpha value is -3.71. The minimum absolute atomic E-state index is 0.0281. The molecule has 38 heavy (non-hydrogen) atoms. The highest BCUT2D eigenvalue weighted by Gasteiger charge is 2.35. The van der Waals surface area contributed by atoms with Crippen molar-refractivity contribution in [1.82, 2.24) is 0 Å². The molecule has 0 fully saturated rings. The van der Waals surface area contributed by atoms with E-state index in [0.29, 0.717) is 25.0 Å². The van der Waals surface area contributed by atoms with Gasteiger partial charge in [-0.3, -0.25) is 4.79 Å². The van der Waals surface area contributed by atoms with Gasteiger partial charge < -0.3 is 29.9 Å². The Morgan fingerprint density at radius 1 is 0.974 bits per heavy atom. The van der Waals surface area contributed by atoms with Gasteiger partial charge in [0.05, 0.1) is 20.3 Å². The first-order valence-corrected chi connectivity index (χ1v) is 13.0. The van der Waals surface area contributed by atoms with Gasteiger partial charge in [-0.2, -0.15) is 0 Å². The number of aryl methyl sites for hydroxylation is 1. The summed E-state index contributed by atoms with van der Waals surface area (Å²) < 4.78 is 10.6.